The van der Waals surface area contributed by atoms with Crippen molar-refractivity contribution in [3.63, 3.8) is 0 Å². The summed E-state index contributed by atoms with van der Waals surface area (Å²) < 4.78 is 1.84. The summed E-state index contributed by atoms with van der Waals surface area (Å²) in [5.41, 5.74) is 0. The molecule has 1 saturated carbocycles. The van der Waals surface area contributed by atoms with Crippen LogP contribution in [0.25, 0.3) is 0 Å². The third-order valence-electron chi connectivity index (χ3n) is 4.91. The van der Waals surface area contributed by atoms with Crippen molar-refractivity contribution < 1.29 is 9.59 Å². The van der Waals surface area contributed by atoms with Gasteiger partial charge in [-0.05, 0) is 25.2 Å². The van der Waals surface area contributed by atoms with Gasteiger partial charge in [-0.1, -0.05) is 13.3 Å². The molecule has 1 saturated heterocycles. The molecule has 3 amide bonds. The van der Waals surface area contributed by atoms with Gasteiger partial charge in [-0.3, -0.25) is 9.48 Å². The van der Waals surface area contributed by atoms with Crippen molar-refractivity contribution in [2.75, 3.05) is 18.4 Å². The molecule has 0 radical (unpaired) electrons. The lowest BCUT2D eigenvalue weighted by atomic mass is 10.1. The first kappa shape index (κ1) is 15.8. The van der Waals surface area contributed by atoms with Crippen LogP contribution in [0, 0.1) is 5.92 Å². The molecule has 126 valence electrons. The summed E-state index contributed by atoms with van der Waals surface area (Å²) in [6.45, 7) is 5.07. The molecule has 2 fully saturated rings. The highest BCUT2D eigenvalue weighted by Crippen LogP contribution is 2.26. The highest BCUT2D eigenvalue weighted by molar-refractivity contribution is 5.87. The minimum atomic E-state index is -0.131. The van der Waals surface area contributed by atoms with Crippen LogP contribution in [0.5, 0.6) is 0 Å². The van der Waals surface area contributed by atoms with Crippen molar-refractivity contribution in [2.45, 2.75) is 51.6 Å². The molecule has 1 aliphatic carbocycles. The van der Waals surface area contributed by atoms with Gasteiger partial charge in [0.25, 0.3) is 0 Å². The summed E-state index contributed by atoms with van der Waals surface area (Å²) >= 11 is 0. The van der Waals surface area contributed by atoms with Crippen molar-refractivity contribution in [1.82, 2.24) is 20.0 Å². The predicted molar refractivity (Wildman–Crippen MR) is 87.1 cm³/mol. The normalized spacial score (nSPS) is 27.2. The average molecular weight is 319 g/mol. The Kier molecular flexibility index (Phi) is 4.54. The van der Waals surface area contributed by atoms with E-state index in [0.29, 0.717) is 24.3 Å². The van der Waals surface area contributed by atoms with E-state index in [1.54, 1.807) is 6.07 Å². The van der Waals surface area contributed by atoms with Crippen LogP contribution in [0.1, 0.15) is 45.6 Å². The lowest BCUT2D eigenvalue weighted by molar-refractivity contribution is -0.114. The van der Waals surface area contributed by atoms with Gasteiger partial charge >= 0.3 is 6.03 Å². The van der Waals surface area contributed by atoms with E-state index in [1.165, 1.54) is 19.8 Å². The molecule has 7 heteroatoms. The van der Waals surface area contributed by atoms with Gasteiger partial charge in [-0.2, -0.15) is 5.10 Å². The fourth-order valence-corrected chi connectivity index (χ4v) is 3.54. The Morgan fingerprint density at radius 3 is 2.83 bits per heavy atom. The highest BCUT2D eigenvalue weighted by Gasteiger charge is 2.31. The van der Waals surface area contributed by atoms with Gasteiger partial charge in [0.1, 0.15) is 0 Å². The number of likely N-dealkylation sites (tertiary alicyclic amines) is 1. The van der Waals surface area contributed by atoms with E-state index in [4.69, 9.17) is 0 Å². The Labute approximate surface area is 136 Å². The van der Waals surface area contributed by atoms with Crippen molar-refractivity contribution in [1.29, 1.82) is 0 Å². The Bertz CT molecular complexity index is 585. The van der Waals surface area contributed by atoms with Crippen molar-refractivity contribution in [3.05, 3.63) is 12.3 Å². The molecule has 0 spiro atoms. The second kappa shape index (κ2) is 6.60. The topological polar surface area (TPSA) is 79.3 Å². The summed E-state index contributed by atoms with van der Waals surface area (Å²) in [7, 11) is 0. The molecule has 0 unspecified atom stereocenters. The minimum absolute atomic E-state index is 0.0421. The molecule has 0 aromatic carbocycles. The van der Waals surface area contributed by atoms with Crippen molar-refractivity contribution in [3.8, 4) is 0 Å². The van der Waals surface area contributed by atoms with Crippen LogP contribution >= 0.6 is 0 Å². The average Bonchev–Trinajstić information content (AvgIpc) is 3.19. The number of amides is 3. The summed E-state index contributed by atoms with van der Waals surface area (Å²) in [4.78, 5) is 25.3. The highest BCUT2D eigenvalue weighted by atomic mass is 16.2. The second-order valence-corrected chi connectivity index (χ2v) is 6.71. The Balaban J connectivity index is 1.54. The van der Waals surface area contributed by atoms with Crippen LogP contribution < -0.4 is 10.6 Å². The minimum Gasteiger partial charge on any atom is -0.335 e. The van der Waals surface area contributed by atoms with Gasteiger partial charge in [-0.25, -0.2) is 4.79 Å². The monoisotopic (exact) mass is 319 g/mol. The van der Waals surface area contributed by atoms with E-state index in [0.717, 1.165) is 19.4 Å². The van der Waals surface area contributed by atoms with Gasteiger partial charge in [0.2, 0.25) is 5.91 Å². The van der Waals surface area contributed by atoms with E-state index >= 15 is 0 Å². The Morgan fingerprint density at radius 1 is 1.30 bits per heavy atom. The zero-order chi connectivity index (χ0) is 16.4. The zero-order valence-electron chi connectivity index (χ0n) is 13.8. The fraction of sp³-hybridized carbons (Fsp3) is 0.688. The summed E-state index contributed by atoms with van der Waals surface area (Å²) in [6.07, 6.45) is 6.23. The first-order valence-corrected chi connectivity index (χ1v) is 8.41. The number of hydrogen-bond donors (Lipinski definition) is 2. The molecule has 2 aliphatic rings. The largest absolute Gasteiger partial charge is 0.335 e. The number of nitrogens with one attached hydrogen (secondary N) is 2. The molecule has 2 N–H and O–H groups in total. The zero-order valence-corrected chi connectivity index (χ0v) is 13.8. The Hall–Kier alpha value is -2.05. The van der Waals surface area contributed by atoms with Crippen LogP contribution in [-0.4, -0.2) is 45.8 Å². The number of carbonyl (C=O) groups excluding carboxylic acids is 2. The van der Waals surface area contributed by atoms with Crippen LogP contribution in [-0.2, 0) is 4.79 Å². The van der Waals surface area contributed by atoms with Crippen LogP contribution in [0.2, 0.25) is 0 Å². The number of carbonyl (C=O) groups is 2. The third-order valence-corrected chi connectivity index (χ3v) is 4.91. The molecule has 7 nitrogen and oxygen atoms in total. The quantitative estimate of drug-likeness (QED) is 0.894. The van der Waals surface area contributed by atoms with Gasteiger partial charge < -0.3 is 15.5 Å². The van der Waals surface area contributed by atoms with E-state index in [9.17, 15) is 9.59 Å². The fourth-order valence-electron chi connectivity index (χ4n) is 3.54. The molecule has 3 rings (SSSR count). The van der Waals surface area contributed by atoms with Gasteiger partial charge in [0.05, 0.1) is 6.04 Å². The maximum Gasteiger partial charge on any atom is 0.317 e. The summed E-state index contributed by atoms with van der Waals surface area (Å²) in [5, 5.41) is 10.2. The lowest BCUT2D eigenvalue weighted by Crippen LogP contribution is -2.44. The number of urea groups is 1. The van der Waals surface area contributed by atoms with Crippen LogP contribution in [0.4, 0.5) is 10.6 Å². The standard InChI is InChI=1S/C16H25N5O2/c1-11-4-3-5-14(11)18-16(23)20-8-6-13(10-20)21-9-7-15(19-21)17-12(2)22/h7,9,11,13-14H,3-6,8,10H2,1-2H3,(H,18,23)(H,17,19,22)/t11-,13-,14-/m1/s1. The molecule has 3 atom stereocenters. The number of hydrogen-bond acceptors (Lipinski definition) is 3. The summed E-state index contributed by atoms with van der Waals surface area (Å²) in [6, 6.07) is 2.31. The number of rotatable bonds is 3. The van der Waals surface area contributed by atoms with Gasteiger partial charge in [-0.15, -0.1) is 0 Å². The molecular weight excluding hydrogens is 294 g/mol. The first-order valence-electron chi connectivity index (χ1n) is 8.41. The number of anilines is 1. The predicted octanol–water partition coefficient (Wildman–Crippen LogP) is 1.99. The maximum atomic E-state index is 12.4. The van der Waals surface area contributed by atoms with Gasteiger partial charge in [0, 0.05) is 38.3 Å². The number of aromatic nitrogens is 2. The smallest absolute Gasteiger partial charge is 0.317 e. The van der Waals surface area contributed by atoms with Gasteiger partial charge in [0.15, 0.2) is 5.82 Å². The SMILES string of the molecule is CC(=O)Nc1ccn([C@@H]2CCN(C(=O)N[C@@H]3CCC[C@H]3C)C2)n1. The molecule has 1 aromatic rings. The molecule has 1 aliphatic heterocycles. The maximum absolute atomic E-state index is 12.4. The first-order chi connectivity index (χ1) is 11.0. The molecule has 0 bridgehead atoms. The second-order valence-electron chi connectivity index (χ2n) is 6.71. The van der Waals surface area contributed by atoms with E-state index < -0.39 is 0 Å². The Morgan fingerprint density at radius 2 is 2.13 bits per heavy atom. The van der Waals surface area contributed by atoms with Crippen molar-refractivity contribution in [2.24, 2.45) is 5.92 Å². The summed E-state index contributed by atoms with van der Waals surface area (Å²) in [5.74, 6) is 0.997. The molecule has 23 heavy (non-hydrogen) atoms. The van der Waals surface area contributed by atoms with E-state index in [2.05, 4.69) is 22.7 Å². The van der Waals surface area contributed by atoms with Crippen LogP contribution in [0.3, 0.4) is 0 Å². The van der Waals surface area contributed by atoms with Crippen molar-refractivity contribution >= 4 is 17.8 Å². The molecule has 1 aromatic heterocycles. The third kappa shape index (κ3) is 3.65. The lowest BCUT2D eigenvalue weighted by Gasteiger charge is -2.23. The molecular formula is C16H25N5O2. The number of nitrogens with zero attached hydrogens (tertiary/aromatic N) is 3. The van der Waals surface area contributed by atoms with E-state index in [-0.39, 0.29) is 18.0 Å². The van der Waals surface area contributed by atoms with E-state index in [1.807, 2.05) is 15.8 Å². The molecule has 2 heterocycles. The van der Waals surface area contributed by atoms with Crippen LogP contribution in [0.15, 0.2) is 12.3 Å².